The average molecular weight is 365 g/mol. The predicted octanol–water partition coefficient (Wildman–Crippen LogP) is 2.27. The van der Waals surface area contributed by atoms with E-state index in [0.29, 0.717) is 19.1 Å². The Balaban J connectivity index is 0.000000487. The largest absolute Gasteiger partial charge is 0.492 e. The molecule has 26 heavy (non-hydrogen) atoms. The third-order valence-corrected chi connectivity index (χ3v) is 4.03. The van der Waals surface area contributed by atoms with Gasteiger partial charge in [0.1, 0.15) is 18.1 Å². The Labute approximate surface area is 153 Å². The minimum Gasteiger partial charge on any atom is -0.492 e. The molecule has 0 atom stereocenters. The average Bonchev–Trinajstić information content (AvgIpc) is 3.12. The van der Waals surface area contributed by atoms with Crippen LogP contribution in [0.4, 0.5) is 0 Å². The Morgan fingerprint density at radius 3 is 2.15 bits per heavy atom. The van der Waals surface area contributed by atoms with Gasteiger partial charge in [0, 0.05) is 19.0 Å². The summed E-state index contributed by atoms with van der Waals surface area (Å²) in [5.41, 5.74) is 1.19. The fourth-order valence-electron chi connectivity index (χ4n) is 2.63. The molecule has 2 rings (SSSR count). The van der Waals surface area contributed by atoms with Crippen LogP contribution in [0.2, 0.25) is 0 Å². The van der Waals surface area contributed by atoms with Gasteiger partial charge in [-0.2, -0.15) is 0 Å². The maximum Gasteiger partial charge on any atom is 0.414 e. The molecule has 1 fully saturated rings. The molecule has 0 unspecified atom stereocenters. The van der Waals surface area contributed by atoms with Crippen LogP contribution in [-0.2, 0) is 20.8 Å². The van der Waals surface area contributed by atoms with E-state index in [-0.39, 0.29) is 5.78 Å². The first-order chi connectivity index (χ1) is 12.4. The summed E-state index contributed by atoms with van der Waals surface area (Å²) in [4.78, 5) is 29.1. The number of carbonyl (C=O) groups is 3. The lowest BCUT2D eigenvalue weighted by molar-refractivity contribution is -0.159. The van der Waals surface area contributed by atoms with Crippen LogP contribution in [0.3, 0.4) is 0 Å². The van der Waals surface area contributed by atoms with E-state index < -0.39 is 11.9 Å². The van der Waals surface area contributed by atoms with E-state index in [0.717, 1.165) is 18.7 Å². The van der Waals surface area contributed by atoms with Crippen molar-refractivity contribution in [2.45, 2.75) is 51.5 Å². The second-order valence-electron chi connectivity index (χ2n) is 6.24. The number of ketones is 1. The lowest BCUT2D eigenvalue weighted by Crippen LogP contribution is -2.30. The molecule has 3 N–H and O–H groups in total. The zero-order chi connectivity index (χ0) is 19.4. The van der Waals surface area contributed by atoms with Crippen LogP contribution in [0, 0.1) is 0 Å². The zero-order valence-corrected chi connectivity index (χ0v) is 15.1. The van der Waals surface area contributed by atoms with Crippen LogP contribution in [0.5, 0.6) is 5.75 Å². The van der Waals surface area contributed by atoms with Crippen molar-refractivity contribution in [1.82, 2.24) is 5.32 Å². The highest BCUT2D eigenvalue weighted by Crippen LogP contribution is 2.17. The molecule has 0 aliphatic heterocycles. The van der Waals surface area contributed by atoms with Gasteiger partial charge in [0.15, 0.2) is 0 Å². The van der Waals surface area contributed by atoms with Gasteiger partial charge in [-0.3, -0.25) is 0 Å². The maximum atomic E-state index is 10.9. The SMILES string of the molecule is CC(=O)CCc1ccc(OCCNC2CCCC2)cc1.O=C(O)C(=O)O. The quantitative estimate of drug-likeness (QED) is 0.478. The highest BCUT2D eigenvalue weighted by atomic mass is 16.5. The number of Topliss-reactive ketones (excluding diaryl/α,β-unsaturated/α-hetero) is 1. The minimum atomic E-state index is -1.82. The van der Waals surface area contributed by atoms with Crippen LogP contribution < -0.4 is 10.1 Å². The molecule has 0 aromatic heterocycles. The standard InChI is InChI=1S/C17H25NO2.C2H2O4/c1-14(19)6-7-15-8-10-17(11-9-15)20-13-12-18-16-4-2-3-5-16;3-1(4)2(5)6/h8-11,16,18H,2-7,12-13H2,1H3;(H,3,4)(H,5,6). The zero-order valence-electron chi connectivity index (χ0n) is 15.1. The summed E-state index contributed by atoms with van der Waals surface area (Å²) >= 11 is 0. The fraction of sp³-hybridized carbons (Fsp3) is 0.526. The van der Waals surface area contributed by atoms with E-state index in [1.54, 1.807) is 6.92 Å². The summed E-state index contributed by atoms with van der Waals surface area (Å²) in [6, 6.07) is 8.77. The lowest BCUT2D eigenvalue weighted by atomic mass is 10.1. The Kier molecular flexibility index (Phi) is 10.0. The van der Waals surface area contributed by atoms with Gasteiger partial charge in [0.25, 0.3) is 0 Å². The summed E-state index contributed by atoms with van der Waals surface area (Å²) in [6.45, 7) is 3.26. The van der Waals surface area contributed by atoms with Gasteiger partial charge < -0.3 is 25.1 Å². The molecule has 7 nitrogen and oxygen atoms in total. The van der Waals surface area contributed by atoms with Crippen molar-refractivity contribution >= 4 is 17.7 Å². The normalized spacial score (nSPS) is 13.6. The molecular weight excluding hydrogens is 338 g/mol. The van der Waals surface area contributed by atoms with Gasteiger partial charge in [-0.25, -0.2) is 9.59 Å². The van der Waals surface area contributed by atoms with E-state index in [9.17, 15) is 4.79 Å². The van der Waals surface area contributed by atoms with Gasteiger partial charge in [0.2, 0.25) is 0 Å². The third kappa shape index (κ3) is 9.78. The number of carboxylic acids is 2. The smallest absolute Gasteiger partial charge is 0.414 e. The first kappa shape index (κ1) is 21.6. The number of ether oxygens (including phenoxy) is 1. The van der Waals surface area contributed by atoms with Crippen LogP contribution in [0.25, 0.3) is 0 Å². The number of hydrogen-bond donors (Lipinski definition) is 3. The molecule has 0 amide bonds. The third-order valence-electron chi connectivity index (χ3n) is 4.03. The second kappa shape index (κ2) is 12.0. The van der Waals surface area contributed by atoms with Gasteiger partial charge in [-0.1, -0.05) is 25.0 Å². The Hall–Kier alpha value is -2.41. The molecule has 0 saturated heterocycles. The van der Waals surface area contributed by atoms with Crippen LogP contribution in [0.1, 0.15) is 44.6 Å². The molecular formula is C19H27NO6. The molecule has 1 saturated carbocycles. The second-order valence-corrected chi connectivity index (χ2v) is 6.24. The number of carbonyl (C=O) groups excluding carboxylic acids is 1. The number of rotatable bonds is 8. The molecule has 0 radical (unpaired) electrons. The van der Waals surface area contributed by atoms with E-state index >= 15 is 0 Å². The Morgan fingerprint density at radius 2 is 1.65 bits per heavy atom. The summed E-state index contributed by atoms with van der Waals surface area (Å²) in [6.07, 6.45) is 6.78. The van der Waals surface area contributed by atoms with Gasteiger partial charge in [-0.15, -0.1) is 0 Å². The van der Waals surface area contributed by atoms with Gasteiger partial charge in [0.05, 0.1) is 0 Å². The Morgan fingerprint density at radius 1 is 1.08 bits per heavy atom. The van der Waals surface area contributed by atoms with Crippen molar-refractivity contribution in [3.8, 4) is 5.75 Å². The molecule has 0 heterocycles. The van der Waals surface area contributed by atoms with Crippen LogP contribution >= 0.6 is 0 Å². The van der Waals surface area contributed by atoms with Crippen LogP contribution in [-0.4, -0.2) is 47.1 Å². The molecule has 1 aliphatic carbocycles. The first-order valence-electron chi connectivity index (χ1n) is 8.79. The van der Waals surface area contributed by atoms with E-state index in [1.807, 2.05) is 24.3 Å². The summed E-state index contributed by atoms with van der Waals surface area (Å²) < 4.78 is 5.72. The van der Waals surface area contributed by atoms with Gasteiger partial charge in [-0.05, 0) is 43.9 Å². The summed E-state index contributed by atoms with van der Waals surface area (Å²) in [5, 5.41) is 18.3. The number of carboxylic acid groups (broad SMARTS) is 2. The van der Waals surface area contributed by atoms with E-state index in [2.05, 4.69) is 5.32 Å². The fourth-order valence-corrected chi connectivity index (χ4v) is 2.63. The van der Waals surface area contributed by atoms with E-state index in [1.165, 1.54) is 31.2 Å². The molecule has 1 aromatic rings. The topological polar surface area (TPSA) is 113 Å². The van der Waals surface area contributed by atoms with Gasteiger partial charge >= 0.3 is 11.9 Å². The molecule has 7 heteroatoms. The number of aliphatic carboxylic acids is 2. The molecule has 144 valence electrons. The molecule has 0 spiro atoms. The van der Waals surface area contributed by atoms with Crippen LogP contribution in [0.15, 0.2) is 24.3 Å². The number of aryl methyl sites for hydroxylation is 1. The molecule has 1 aliphatic rings. The maximum absolute atomic E-state index is 10.9. The summed E-state index contributed by atoms with van der Waals surface area (Å²) in [7, 11) is 0. The van der Waals surface area contributed by atoms with E-state index in [4.69, 9.17) is 24.5 Å². The number of hydrogen-bond acceptors (Lipinski definition) is 5. The summed E-state index contributed by atoms with van der Waals surface area (Å²) in [5.74, 6) is -2.50. The minimum absolute atomic E-state index is 0.239. The van der Waals surface area contributed by atoms with Crippen molar-refractivity contribution in [1.29, 1.82) is 0 Å². The molecule has 0 bridgehead atoms. The predicted molar refractivity (Wildman–Crippen MR) is 96.5 cm³/mol. The van der Waals surface area contributed by atoms with Crippen molar-refractivity contribution in [3.05, 3.63) is 29.8 Å². The highest BCUT2D eigenvalue weighted by molar-refractivity contribution is 6.27. The van der Waals surface area contributed by atoms with Crippen molar-refractivity contribution in [2.24, 2.45) is 0 Å². The van der Waals surface area contributed by atoms with Crippen molar-refractivity contribution in [2.75, 3.05) is 13.2 Å². The Bertz CT molecular complexity index is 566. The highest BCUT2D eigenvalue weighted by Gasteiger charge is 2.13. The number of nitrogens with one attached hydrogen (secondary N) is 1. The first-order valence-corrected chi connectivity index (χ1v) is 8.79. The number of benzene rings is 1. The van der Waals surface area contributed by atoms with Crippen molar-refractivity contribution < 1.29 is 29.3 Å². The van der Waals surface area contributed by atoms with Crippen molar-refractivity contribution in [3.63, 3.8) is 0 Å². The lowest BCUT2D eigenvalue weighted by Gasteiger charge is -2.12. The monoisotopic (exact) mass is 365 g/mol. The molecule has 1 aromatic carbocycles.